The summed E-state index contributed by atoms with van der Waals surface area (Å²) in [6.45, 7) is 1.79. The maximum absolute atomic E-state index is 12.7. The third-order valence-corrected chi connectivity index (χ3v) is 2.68. The molecule has 0 aliphatic rings. The minimum absolute atomic E-state index is 0. The van der Waals surface area contributed by atoms with Crippen molar-refractivity contribution in [3.63, 3.8) is 0 Å². The second-order valence-electron chi connectivity index (χ2n) is 2.98. The smallest absolute Gasteiger partial charge is 0.743 e. The van der Waals surface area contributed by atoms with E-state index < -0.39 is 28.0 Å². The van der Waals surface area contributed by atoms with Gasteiger partial charge in [-0.3, -0.25) is 0 Å². The Labute approximate surface area is 130 Å². The molecule has 0 aliphatic carbocycles. The number of halogens is 3. The number of hydrogen-bond acceptors (Lipinski definition) is 3. The third-order valence-electron chi connectivity index (χ3n) is 1.76. The fourth-order valence-corrected chi connectivity index (χ4v) is 1.33. The van der Waals surface area contributed by atoms with Crippen LogP contribution in [0.4, 0.5) is 13.2 Å². The molecule has 0 aromatic heterocycles. The van der Waals surface area contributed by atoms with E-state index in [1.165, 1.54) is 0 Å². The Hall–Kier alpha value is 1.34. The van der Waals surface area contributed by atoms with E-state index >= 15 is 0 Å². The molecule has 0 bridgehead atoms. The Morgan fingerprint density at radius 3 is 2.13 bits per heavy atom. The molecule has 0 spiro atoms. The zero-order chi connectivity index (χ0) is 11.4. The largest absolute Gasteiger partial charge is 1.00 e. The second-order valence-corrected chi connectivity index (χ2v) is 4.43. The normalized spacial score (nSPS) is 14.5. The van der Waals surface area contributed by atoms with Gasteiger partial charge in [0.1, 0.15) is 0 Å². The van der Waals surface area contributed by atoms with Crippen LogP contribution in [0.5, 0.6) is 0 Å². The molecule has 8 heteroatoms. The van der Waals surface area contributed by atoms with Gasteiger partial charge in [-0.25, -0.2) is 12.8 Å². The molecule has 86 valence electrons. The van der Waals surface area contributed by atoms with Gasteiger partial charge in [0.15, 0.2) is 16.3 Å². The molecule has 0 aromatic rings. The van der Waals surface area contributed by atoms with Crippen molar-refractivity contribution in [1.82, 2.24) is 0 Å². The number of unbranched alkanes of at least 4 members (excludes halogenated alkanes) is 2. The zero-order valence-corrected chi connectivity index (χ0v) is 12.6. The summed E-state index contributed by atoms with van der Waals surface area (Å²) in [6, 6.07) is 0. The van der Waals surface area contributed by atoms with Gasteiger partial charge in [0.25, 0.3) is 0 Å². The second kappa shape index (κ2) is 7.62. The number of rotatable bonds is 6. The summed E-state index contributed by atoms with van der Waals surface area (Å²) < 4.78 is 67.6. The molecule has 3 nitrogen and oxygen atoms in total. The van der Waals surface area contributed by atoms with Crippen LogP contribution in [0.25, 0.3) is 0 Å². The van der Waals surface area contributed by atoms with Gasteiger partial charge in [0, 0.05) is 0 Å². The van der Waals surface area contributed by atoms with Gasteiger partial charge in [-0.2, -0.15) is 8.78 Å². The maximum Gasteiger partial charge on any atom is 1.00 e. The first-order chi connectivity index (χ1) is 6.23. The Kier molecular flexibility index (Phi) is 9.50. The van der Waals surface area contributed by atoms with Crippen molar-refractivity contribution in [1.29, 1.82) is 0 Å². The number of hydrogen-bond donors (Lipinski definition) is 0. The van der Waals surface area contributed by atoms with Crippen LogP contribution in [0.1, 0.15) is 32.6 Å². The first-order valence-corrected chi connectivity index (χ1v) is 5.61. The van der Waals surface area contributed by atoms with E-state index in [0.717, 1.165) is 0 Å². The molecular formula is C7H12F3KO3S. The third kappa shape index (κ3) is 5.99. The molecule has 0 heterocycles. The monoisotopic (exact) mass is 272 g/mol. The van der Waals surface area contributed by atoms with E-state index in [1.807, 2.05) is 0 Å². The van der Waals surface area contributed by atoms with Crippen LogP contribution in [-0.4, -0.2) is 24.4 Å². The summed E-state index contributed by atoms with van der Waals surface area (Å²) in [5.74, 6) is 0. The molecule has 0 aromatic carbocycles. The van der Waals surface area contributed by atoms with Gasteiger partial charge in [0.05, 0.1) is 0 Å². The summed E-state index contributed by atoms with van der Waals surface area (Å²) in [5.41, 5.74) is 0. The fraction of sp³-hybridized carbons (Fsp3) is 1.00. The van der Waals surface area contributed by atoms with E-state index in [-0.39, 0.29) is 57.8 Å². The van der Waals surface area contributed by atoms with Crippen LogP contribution in [0.2, 0.25) is 0 Å². The summed E-state index contributed by atoms with van der Waals surface area (Å²) >= 11 is 0. The van der Waals surface area contributed by atoms with Gasteiger partial charge in [-0.1, -0.05) is 26.2 Å². The minimum Gasteiger partial charge on any atom is -0.743 e. The molecule has 0 aliphatic heterocycles. The molecule has 1 atom stereocenters. The molecule has 1 unspecified atom stereocenters. The van der Waals surface area contributed by atoms with Crippen LogP contribution in [-0.2, 0) is 10.1 Å². The van der Waals surface area contributed by atoms with E-state index in [1.54, 1.807) is 6.92 Å². The van der Waals surface area contributed by atoms with Crippen LogP contribution in [0, 0.1) is 0 Å². The van der Waals surface area contributed by atoms with Gasteiger partial charge < -0.3 is 4.55 Å². The van der Waals surface area contributed by atoms with Crippen molar-refractivity contribution in [2.45, 2.75) is 44.0 Å². The Balaban J connectivity index is 0. The van der Waals surface area contributed by atoms with E-state index in [0.29, 0.717) is 12.8 Å². The number of alkyl halides is 3. The molecule has 15 heavy (non-hydrogen) atoms. The van der Waals surface area contributed by atoms with E-state index in [4.69, 9.17) is 0 Å². The van der Waals surface area contributed by atoms with Gasteiger partial charge in [0.2, 0.25) is 0 Å². The molecule has 0 rings (SSSR count). The van der Waals surface area contributed by atoms with E-state index in [2.05, 4.69) is 0 Å². The summed E-state index contributed by atoms with van der Waals surface area (Å²) in [5, 5.41) is -4.80. The average Bonchev–Trinajstić information content (AvgIpc) is 2.02. The van der Waals surface area contributed by atoms with Crippen molar-refractivity contribution in [2.75, 3.05) is 0 Å². The summed E-state index contributed by atoms with van der Waals surface area (Å²) in [6.07, 6.45) is -2.15. The SMILES string of the molecule is CCCCCC(F)C(F)(F)S(=O)(=O)[O-].[K+]. The van der Waals surface area contributed by atoms with Gasteiger partial charge >= 0.3 is 56.6 Å². The Morgan fingerprint density at radius 2 is 1.80 bits per heavy atom. The first-order valence-electron chi connectivity index (χ1n) is 4.20. The predicted molar refractivity (Wildman–Crippen MR) is 43.7 cm³/mol. The van der Waals surface area contributed by atoms with Crippen LogP contribution >= 0.6 is 0 Å². The summed E-state index contributed by atoms with van der Waals surface area (Å²) in [4.78, 5) is 0. The van der Waals surface area contributed by atoms with Crippen molar-refractivity contribution >= 4 is 10.1 Å². The molecule has 0 saturated carbocycles. The van der Waals surface area contributed by atoms with Crippen LogP contribution in [0.3, 0.4) is 0 Å². The van der Waals surface area contributed by atoms with Crippen LogP contribution in [0.15, 0.2) is 0 Å². The maximum atomic E-state index is 12.7. The summed E-state index contributed by atoms with van der Waals surface area (Å²) in [7, 11) is -5.90. The molecule has 0 fully saturated rings. The van der Waals surface area contributed by atoms with Crippen molar-refractivity contribution in [2.24, 2.45) is 0 Å². The minimum atomic E-state index is -5.90. The zero-order valence-electron chi connectivity index (χ0n) is 8.67. The fourth-order valence-electron chi connectivity index (χ4n) is 0.898. The Morgan fingerprint density at radius 1 is 1.33 bits per heavy atom. The quantitative estimate of drug-likeness (QED) is 0.356. The molecule has 0 amide bonds. The topological polar surface area (TPSA) is 57.2 Å². The Bertz CT molecular complexity index is 269. The van der Waals surface area contributed by atoms with Crippen molar-refractivity contribution in [3.8, 4) is 0 Å². The van der Waals surface area contributed by atoms with Crippen LogP contribution < -0.4 is 51.4 Å². The van der Waals surface area contributed by atoms with Gasteiger partial charge in [-0.15, -0.1) is 0 Å². The molecular weight excluding hydrogens is 260 g/mol. The first kappa shape index (κ1) is 18.7. The van der Waals surface area contributed by atoms with Crippen molar-refractivity contribution in [3.05, 3.63) is 0 Å². The molecule has 0 radical (unpaired) electrons. The average molecular weight is 272 g/mol. The molecule has 0 saturated heterocycles. The van der Waals surface area contributed by atoms with Gasteiger partial charge in [-0.05, 0) is 6.42 Å². The standard InChI is InChI=1S/C7H13F3O3S.K/c1-2-3-4-5-6(8)7(9,10)14(11,12)13;/h6H,2-5H2,1H3,(H,11,12,13);/q;+1/p-1. The van der Waals surface area contributed by atoms with Crippen molar-refractivity contribution < 1.29 is 77.5 Å². The molecule has 0 N–H and O–H groups in total. The predicted octanol–water partition coefficient (Wildman–Crippen LogP) is -0.953. The van der Waals surface area contributed by atoms with E-state index in [9.17, 15) is 26.1 Å².